The fraction of sp³-hybridized carbons (Fsp3) is 0.950. The number of unbranched alkanes of at least 4 members (excludes halogenated alkanes) is 49. The molecule has 0 saturated carbocycles. The van der Waals surface area contributed by atoms with Gasteiger partial charge in [-0.3, -0.25) is 37.3 Å². The lowest BCUT2D eigenvalue weighted by Crippen LogP contribution is -2.30. The predicted octanol–water partition coefficient (Wildman–Crippen LogP) is 23.9. The lowest BCUT2D eigenvalue weighted by atomic mass is 10.0. The summed E-state index contributed by atoms with van der Waals surface area (Å²) >= 11 is 0. The van der Waals surface area contributed by atoms with Crippen LogP contribution in [0.1, 0.15) is 420 Å². The van der Waals surface area contributed by atoms with E-state index in [9.17, 15) is 43.2 Å². The molecule has 17 nitrogen and oxygen atoms in total. The number of aliphatic hydroxyl groups is 1. The number of aliphatic hydroxyl groups excluding tert-OH is 1. The largest absolute Gasteiger partial charge is 0.472 e. The van der Waals surface area contributed by atoms with Crippen LogP contribution < -0.4 is 0 Å². The number of carbonyl (C=O) groups excluding carboxylic acids is 4. The number of rotatable bonds is 79. The second kappa shape index (κ2) is 71.7. The summed E-state index contributed by atoms with van der Waals surface area (Å²) in [6.45, 7) is 9.60. The van der Waals surface area contributed by atoms with E-state index in [1.54, 1.807) is 0 Å². The lowest BCUT2D eigenvalue weighted by Gasteiger charge is -2.21. The molecular weight excluding hydrogens is 1290 g/mol. The van der Waals surface area contributed by atoms with Crippen LogP contribution in [-0.4, -0.2) is 96.7 Å². The molecule has 0 radical (unpaired) electrons. The molecule has 0 aliphatic carbocycles. The van der Waals surface area contributed by atoms with Gasteiger partial charge >= 0.3 is 39.5 Å². The SMILES string of the molecule is CCCCCCCCCCCCCCCCCCCCCCCC(=O)O[C@H](COC(=O)CCCCCCCCCCCCCC(C)C)COP(=O)(O)OC[C@@H](O)COP(=O)(O)OC[C@@H](COC(=O)CCCCCCCCCCCCCC)OC(=O)CCCCCCCCCCCC(C)C. The highest BCUT2D eigenvalue weighted by molar-refractivity contribution is 7.47. The summed E-state index contributed by atoms with van der Waals surface area (Å²) < 4.78 is 68.7. The van der Waals surface area contributed by atoms with Crippen LogP contribution in [0.15, 0.2) is 0 Å². The Labute approximate surface area is 607 Å². The van der Waals surface area contributed by atoms with Gasteiger partial charge in [-0.25, -0.2) is 9.13 Å². The van der Waals surface area contributed by atoms with E-state index in [-0.39, 0.29) is 25.7 Å². The summed E-state index contributed by atoms with van der Waals surface area (Å²) in [6.07, 6.45) is 61.1. The van der Waals surface area contributed by atoms with Gasteiger partial charge in [0.25, 0.3) is 0 Å². The fourth-order valence-electron chi connectivity index (χ4n) is 12.4. The first kappa shape index (κ1) is 97.1. The van der Waals surface area contributed by atoms with Crippen molar-refractivity contribution in [1.29, 1.82) is 0 Å². The number of carbonyl (C=O) groups is 4. The van der Waals surface area contributed by atoms with Gasteiger partial charge < -0.3 is 33.8 Å². The topological polar surface area (TPSA) is 237 Å². The third kappa shape index (κ3) is 74.1. The van der Waals surface area contributed by atoms with Gasteiger partial charge in [-0.05, 0) is 37.5 Å². The standard InChI is InChI=1S/C80H156O17P2/c1-7-9-11-13-15-17-19-21-22-23-24-25-26-27-28-29-33-40-46-52-58-64-79(84)96-75(68-91-78(83)63-57-51-45-39-34-30-31-36-42-48-54-60-72(3)4)70-94-98(86,87)92-66-74(81)67-93-99(88,89)95-71-76(97-80(85)65-59-53-47-41-35-37-43-49-55-61-73(5)6)69-90-77(82)62-56-50-44-38-32-20-18-16-14-12-10-8-2/h72-76,81H,7-71H2,1-6H3,(H,86,87)(H,88,89)/t74-,75-,76-/m1/s1. The van der Waals surface area contributed by atoms with Gasteiger partial charge in [0.05, 0.1) is 26.4 Å². The van der Waals surface area contributed by atoms with Crippen molar-refractivity contribution in [3.05, 3.63) is 0 Å². The average Bonchev–Trinajstić information content (AvgIpc) is 0.982. The highest BCUT2D eigenvalue weighted by Gasteiger charge is 2.30. The van der Waals surface area contributed by atoms with Crippen molar-refractivity contribution in [3.8, 4) is 0 Å². The average molecular weight is 1450 g/mol. The molecule has 0 fully saturated rings. The van der Waals surface area contributed by atoms with Crippen LogP contribution in [0.25, 0.3) is 0 Å². The Morgan fingerprint density at radius 1 is 0.273 bits per heavy atom. The zero-order valence-corrected chi connectivity index (χ0v) is 66.6. The number of ether oxygens (including phenoxy) is 4. The smallest absolute Gasteiger partial charge is 0.462 e. The van der Waals surface area contributed by atoms with Crippen LogP contribution in [0.2, 0.25) is 0 Å². The highest BCUT2D eigenvalue weighted by Crippen LogP contribution is 2.45. The first-order valence-electron chi connectivity index (χ1n) is 41.5. The van der Waals surface area contributed by atoms with E-state index in [4.69, 9.17) is 37.0 Å². The van der Waals surface area contributed by atoms with Crippen molar-refractivity contribution in [1.82, 2.24) is 0 Å². The maximum atomic E-state index is 13.1. The summed E-state index contributed by atoms with van der Waals surface area (Å²) in [5.74, 6) is -0.603. The number of hydrogen-bond acceptors (Lipinski definition) is 15. The van der Waals surface area contributed by atoms with Crippen LogP contribution in [0.3, 0.4) is 0 Å². The molecule has 0 aromatic rings. The maximum Gasteiger partial charge on any atom is 0.472 e. The first-order chi connectivity index (χ1) is 47.9. The molecule has 0 spiro atoms. The van der Waals surface area contributed by atoms with E-state index < -0.39 is 97.5 Å². The van der Waals surface area contributed by atoms with E-state index in [0.29, 0.717) is 25.7 Å². The number of phosphoric acid groups is 2. The van der Waals surface area contributed by atoms with Gasteiger partial charge in [-0.15, -0.1) is 0 Å². The third-order valence-corrected chi connectivity index (χ3v) is 20.6. The molecule has 0 bridgehead atoms. The molecule has 0 aliphatic heterocycles. The zero-order chi connectivity index (χ0) is 72.8. The maximum absolute atomic E-state index is 13.1. The normalized spacial score (nSPS) is 13.9. The Kier molecular flexibility index (Phi) is 70.3. The molecule has 19 heteroatoms. The van der Waals surface area contributed by atoms with Gasteiger partial charge in [-0.1, -0.05) is 369 Å². The van der Waals surface area contributed by atoms with Gasteiger partial charge in [0.1, 0.15) is 19.3 Å². The van der Waals surface area contributed by atoms with Crippen molar-refractivity contribution < 1.29 is 80.2 Å². The van der Waals surface area contributed by atoms with Gasteiger partial charge in [-0.2, -0.15) is 0 Å². The molecule has 99 heavy (non-hydrogen) atoms. The van der Waals surface area contributed by atoms with Crippen LogP contribution in [0, 0.1) is 11.8 Å². The van der Waals surface area contributed by atoms with Crippen LogP contribution in [-0.2, 0) is 65.4 Å². The Morgan fingerprint density at radius 3 is 0.687 bits per heavy atom. The van der Waals surface area contributed by atoms with Gasteiger partial charge in [0, 0.05) is 25.7 Å². The fourth-order valence-corrected chi connectivity index (χ4v) is 13.9. The van der Waals surface area contributed by atoms with E-state index in [2.05, 4.69) is 41.5 Å². The van der Waals surface area contributed by atoms with Crippen molar-refractivity contribution in [3.63, 3.8) is 0 Å². The lowest BCUT2D eigenvalue weighted by molar-refractivity contribution is -0.161. The van der Waals surface area contributed by atoms with Crippen molar-refractivity contribution >= 4 is 39.5 Å². The minimum atomic E-state index is -4.96. The number of esters is 4. The Hall–Kier alpha value is -1.94. The first-order valence-corrected chi connectivity index (χ1v) is 44.5. The Bertz CT molecular complexity index is 1910. The van der Waals surface area contributed by atoms with Crippen LogP contribution in [0.4, 0.5) is 0 Å². The molecule has 0 saturated heterocycles. The molecular formula is C80H156O17P2. The third-order valence-electron chi connectivity index (χ3n) is 18.7. The predicted molar refractivity (Wildman–Crippen MR) is 405 cm³/mol. The second-order valence-electron chi connectivity index (χ2n) is 29.8. The molecule has 0 heterocycles. The van der Waals surface area contributed by atoms with Gasteiger partial charge in [0.15, 0.2) is 12.2 Å². The van der Waals surface area contributed by atoms with Crippen molar-refractivity contribution in [2.75, 3.05) is 39.6 Å². The van der Waals surface area contributed by atoms with Crippen LogP contribution >= 0.6 is 15.6 Å². The number of phosphoric ester groups is 2. The molecule has 588 valence electrons. The Morgan fingerprint density at radius 2 is 0.465 bits per heavy atom. The summed E-state index contributed by atoms with van der Waals surface area (Å²) in [5.41, 5.74) is 0. The molecule has 2 unspecified atom stereocenters. The van der Waals surface area contributed by atoms with Crippen molar-refractivity contribution in [2.24, 2.45) is 11.8 Å². The quantitative estimate of drug-likeness (QED) is 0.0222. The molecule has 0 amide bonds. The van der Waals surface area contributed by atoms with Crippen molar-refractivity contribution in [2.45, 2.75) is 439 Å². The minimum Gasteiger partial charge on any atom is -0.462 e. The molecule has 0 rings (SSSR count). The molecule has 0 aromatic heterocycles. The van der Waals surface area contributed by atoms with E-state index in [1.165, 1.54) is 238 Å². The van der Waals surface area contributed by atoms with Crippen LogP contribution in [0.5, 0.6) is 0 Å². The van der Waals surface area contributed by atoms with E-state index in [0.717, 1.165) is 102 Å². The minimum absolute atomic E-state index is 0.106. The second-order valence-corrected chi connectivity index (χ2v) is 32.7. The monoisotopic (exact) mass is 1450 g/mol. The number of hydrogen-bond donors (Lipinski definition) is 3. The zero-order valence-electron chi connectivity index (χ0n) is 64.8. The summed E-state index contributed by atoms with van der Waals surface area (Å²) in [7, 11) is -9.92. The van der Waals surface area contributed by atoms with E-state index >= 15 is 0 Å². The van der Waals surface area contributed by atoms with E-state index in [1.807, 2.05) is 0 Å². The molecule has 5 atom stereocenters. The molecule has 3 N–H and O–H groups in total. The summed E-state index contributed by atoms with van der Waals surface area (Å²) in [5, 5.41) is 10.6. The van der Waals surface area contributed by atoms with Gasteiger partial charge in [0.2, 0.25) is 0 Å². The summed E-state index contributed by atoms with van der Waals surface area (Å²) in [4.78, 5) is 73.0. The Balaban J connectivity index is 5.22. The molecule has 0 aromatic carbocycles. The molecule has 0 aliphatic rings. The summed E-state index contributed by atoms with van der Waals surface area (Å²) in [6, 6.07) is 0. The highest BCUT2D eigenvalue weighted by atomic mass is 31.2.